The predicted molar refractivity (Wildman–Crippen MR) is 53.0 cm³/mol. The summed E-state index contributed by atoms with van der Waals surface area (Å²) in [6.45, 7) is 8.94. The highest BCUT2D eigenvalue weighted by atomic mass is 16.5. The van der Waals surface area contributed by atoms with E-state index >= 15 is 0 Å². The minimum Gasteiger partial charge on any atom is -0.380 e. The van der Waals surface area contributed by atoms with Gasteiger partial charge in [-0.05, 0) is 6.42 Å². The summed E-state index contributed by atoms with van der Waals surface area (Å²) in [5.41, 5.74) is 0. The molecule has 1 heterocycles. The van der Waals surface area contributed by atoms with Crippen molar-refractivity contribution in [1.82, 2.24) is 4.90 Å². The van der Waals surface area contributed by atoms with Crippen molar-refractivity contribution in [2.45, 2.75) is 19.8 Å². The molecule has 0 aromatic carbocycles. The summed E-state index contributed by atoms with van der Waals surface area (Å²) < 4.78 is 10.8. The van der Waals surface area contributed by atoms with Crippen LogP contribution >= 0.6 is 0 Å². The smallest absolute Gasteiger partial charge is 0.0594 e. The van der Waals surface area contributed by atoms with Crippen molar-refractivity contribution in [1.29, 1.82) is 0 Å². The van der Waals surface area contributed by atoms with Gasteiger partial charge >= 0.3 is 0 Å². The van der Waals surface area contributed by atoms with Gasteiger partial charge in [0.1, 0.15) is 0 Å². The molecule has 0 aromatic heterocycles. The lowest BCUT2D eigenvalue weighted by Gasteiger charge is -2.26. The Labute approximate surface area is 81.0 Å². The van der Waals surface area contributed by atoms with Crippen molar-refractivity contribution in [3.8, 4) is 0 Å². The van der Waals surface area contributed by atoms with Crippen LogP contribution < -0.4 is 0 Å². The second-order valence-corrected chi connectivity index (χ2v) is 3.42. The van der Waals surface area contributed by atoms with Crippen LogP contribution in [0.1, 0.15) is 19.8 Å². The van der Waals surface area contributed by atoms with E-state index in [9.17, 15) is 0 Å². The first-order chi connectivity index (χ1) is 6.43. The maximum Gasteiger partial charge on any atom is 0.0594 e. The average Bonchev–Trinajstić information content (AvgIpc) is 2.19. The van der Waals surface area contributed by atoms with E-state index < -0.39 is 0 Å². The van der Waals surface area contributed by atoms with Gasteiger partial charge in [-0.15, -0.1) is 0 Å². The van der Waals surface area contributed by atoms with Gasteiger partial charge in [0.25, 0.3) is 0 Å². The summed E-state index contributed by atoms with van der Waals surface area (Å²) in [6.07, 6.45) is 2.40. The van der Waals surface area contributed by atoms with E-state index in [0.717, 1.165) is 46.1 Å². The first-order valence-electron chi connectivity index (χ1n) is 5.31. The van der Waals surface area contributed by atoms with Gasteiger partial charge in [-0.25, -0.2) is 0 Å². The van der Waals surface area contributed by atoms with Crippen LogP contribution in [0.4, 0.5) is 0 Å². The van der Waals surface area contributed by atoms with E-state index in [2.05, 4.69) is 11.8 Å². The molecule has 0 aliphatic carbocycles. The molecule has 1 rings (SSSR count). The van der Waals surface area contributed by atoms with Crippen molar-refractivity contribution in [3.05, 3.63) is 0 Å². The average molecular weight is 187 g/mol. The van der Waals surface area contributed by atoms with Gasteiger partial charge in [0.15, 0.2) is 0 Å². The minimum atomic E-state index is 0.875. The zero-order valence-electron chi connectivity index (χ0n) is 8.63. The van der Waals surface area contributed by atoms with Crippen molar-refractivity contribution < 1.29 is 9.47 Å². The predicted octanol–water partition coefficient (Wildman–Crippen LogP) is 1.14. The fourth-order valence-corrected chi connectivity index (χ4v) is 1.37. The Hall–Kier alpha value is -0.120. The molecule has 1 saturated heterocycles. The second kappa shape index (κ2) is 7.30. The molecule has 0 N–H and O–H groups in total. The molecule has 0 unspecified atom stereocenters. The highest BCUT2D eigenvalue weighted by molar-refractivity contribution is 4.60. The van der Waals surface area contributed by atoms with Crippen LogP contribution in [0.5, 0.6) is 0 Å². The molecule has 3 nitrogen and oxygen atoms in total. The zero-order valence-corrected chi connectivity index (χ0v) is 8.63. The normalized spacial score (nSPS) is 19.2. The summed E-state index contributed by atoms with van der Waals surface area (Å²) in [7, 11) is 0. The molecule has 0 radical (unpaired) electrons. The van der Waals surface area contributed by atoms with Crippen LogP contribution in [0.25, 0.3) is 0 Å². The SMILES string of the molecule is CCCCOCCN1CCOCC1. The molecule has 0 spiro atoms. The molecule has 78 valence electrons. The number of hydrogen-bond donors (Lipinski definition) is 0. The van der Waals surface area contributed by atoms with Gasteiger partial charge in [0.05, 0.1) is 19.8 Å². The Bertz CT molecular complexity index is 113. The summed E-state index contributed by atoms with van der Waals surface area (Å²) >= 11 is 0. The molecule has 1 aliphatic heterocycles. The summed E-state index contributed by atoms with van der Waals surface area (Å²) in [6, 6.07) is 0. The zero-order chi connectivity index (χ0) is 9.36. The van der Waals surface area contributed by atoms with Gasteiger partial charge in [0.2, 0.25) is 0 Å². The molecule has 0 aromatic rings. The fraction of sp³-hybridized carbons (Fsp3) is 1.00. The molecule has 0 atom stereocenters. The second-order valence-electron chi connectivity index (χ2n) is 3.42. The first kappa shape index (κ1) is 11.0. The number of rotatable bonds is 6. The summed E-state index contributed by atoms with van der Waals surface area (Å²) in [5.74, 6) is 0. The lowest BCUT2D eigenvalue weighted by Crippen LogP contribution is -2.38. The lowest BCUT2D eigenvalue weighted by atomic mass is 10.4. The van der Waals surface area contributed by atoms with E-state index in [-0.39, 0.29) is 0 Å². The number of nitrogens with zero attached hydrogens (tertiary/aromatic N) is 1. The number of ether oxygens (including phenoxy) is 2. The van der Waals surface area contributed by atoms with Crippen LogP contribution in [-0.2, 0) is 9.47 Å². The van der Waals surface area contributed by atoms with E-state index in [1.165, 1.54) is 12.8 Å². The number of hydrogen-bond acceptors (Lipinski definition) is 3. The van der Waals surface area contributed by atoms with Gasteiger partial charge in [0, 0.05) is 26.2 Å². The molecule has 3 heteroatoms. The number of unbranched alkanes of at least 4 members (excludes halogenated alkanes) is 1. The van der Waals surface area contributed by atoms with E-state index in [1.807, 2.05) is 0 Å². The molecule has 13 heavy (non-hydrogen) atoms. The Morgan fingerprint density at radius 3 is 2.69 bits per heavy atom. The monoisotopic (exact) mass is 187 g/mol. The van der Waals surface area contributed by atoms with Crippen molar-refractivity contribution in [2.24, 2.45) is 0 Å². The Kier molecular flexibility index (Phi) is 6.15. The molecule has 0 amide bonds. The fourth-order valence-electron chi connectivity index (χ4n) is 1.37. The highest BCUT2D eigenvalue weighted by Gasteiger charge is 2.08. The van der Waals surface area contributed by atoms with E-state index in [1.54, 1.807) is 0 Å². The van der Waals surface area contributed by atoms with Crippen LogP contribution in [0.3, 0.4) is 0 Å². The molecule has 0 saturated carbocycles. The Balaban J connectivity index is 1.86. The summed E-state index contributed by atoms with van der Waals surface area (Å²) in [4.78, 5) is 2.40. The van der Waals surface area contributed by atoms with E-state index in [0.29, 0.717) is 0 Å². The van der Waals surface area contributed by atoms with Gasteiger partial charge < -0.3 is 9.47 Å². The Morgan fingerprint density at radius 1 is 1.23 bits per heavy atom. The lowest BCUT2D eigenvalue weighted by molar-refractivity contribution is 0.0201. The van der Waals surface area contributed by atoms with Crippen molar-refractivity contribution in [3.63, 3.8) is 0 Å². The number of morpholine rings is 1. The van der Waals surface area contributed by atoms with Gasteiger partial charge in [-0.1, -0.05) is 13.3 Å². The first-order valence-corrected chi connectivity index (χ1v) is 5.31. The quantitative estimate of drug-likeness (QED) is 0.582. The topological polar surface area (TPSA) is 21.7 Å². The standard InChI is InChI=1S/C10H21NO2/c1-2-3-7-12-8-4-11-5-9-13-10-6-11/h2-10H2,1H3. The van der Waals surface area contributed by atoms with E-state index in [4.69, 9.17) is 9.47 Å². The van der Waals surface area contributed by atoms with Crippen LogP contribution in [0.15, 0.2) is 0 Å². The molecule has 0 bridgehead atoms. The van der Waals surface area contributed by atoms with Gasteiger partial charge in [-0.2, -0.15) is 0 Å². The third-order valence-electron chi connectivity index (χ3n) is 2.30. The van der Waals surface area contributed by atoms with Crippen LogP contribution in [0.2, 0.25) is 0 Å². The molecule has 1 aliphatic rings. The summed E-state index contributed by atoms with van der Waals surface area (Å²) in [5, 5.41) is 0. The molecular formula is C10H21NO2. The van der Waals surface area contributed by atoms with Gasteiger partial charge in [-0.3, -0.25) is 4.90 Å². The maximum atomic E-state index is 5.49. The van der Waals surface area contributed by atoms with Crippen LogP contribution in [-0.4, -0.2) is 51.0 Å². The minimum absolute atomic E-state index is 0.875. The molecule has 1 fully saturated rings. The highest BCUT2D eigenvalue weighted by Crippen LogP contribution is 1.96. The third-order valence-corrected chi connectivity index (χ3v) is 2.30. The van der Waals surface area contributed by atoms with Crippen LogP contribution in [0, 0.1) is 0 Å². The Morgan fingerprint density at radius 2 is 2.00 bits per heavy atom. The van der Waals surface area contributed by atoms with Crippen molar-refractivity contribution >= 4 is 0 Å². The van der Waals surface area contributed by atoms with Crippen molar-refractivity contribution in [2.75, 3.05) is 46.1 Å². The third kappa shape index (κ3) is 5.24. The largest absolute Gasteiger partial charge is 0.380 e. The molecular weight excluding hydrogens is 166 g/mol. The maximum absolute atomic E-state index is 5.49.